The van der Waals surface area contributed by atoms with Gasteiger partial charge in [-0.05, 0) is 38.8 Å². The third-order valence-corrected chi connectivity index (χ3v) is 3.53. The molecular weight excluding hydrogens is 240 g/mol. The number of nitrogens with zero attached hydrogens (tertiary/aromatic N) is 1. The number of hydrogen-bond acceptors (Lipinski definition) is 4. The molecule has 1 fully saturated rings. The van der Waals surface area contributed by atoms with E-state index >= 15 is 0 Å². The van der Waals surface area contributed by atoms with E-state index in [1.165, 1.54) is 6.42 Å². The van der Waals surface area contributed by atoms with Gasteiger partial charge in [0.2, 0.25) is 0 Å². The number of rotatable bonds is 5. The topological polar surface area (TPSA) is 54.4 Å². The smallest absolute Gasteiger partial charge is 0.168 e. The van der Waals surface area contributed by atoms with Crippen molar-refractivity contribution in [2.45, 2.75) is 51.7 Å². The zero-order chi connectivity index (χ0) is 13.7. The van der Waals surface area contributed by atoms with Crippen LogP contribution in [0.3, 0.4) is 0 Å². The fourth-order valence-corrected chi connectivity index (χ4v) is 2.53. The summed E-state index contributed by atoms with van der Waals surface area (Å²) >= 11 is 0. The van der Waals surface area contributed by atoms with Gasteiger partial charge in [0.25, 0.3) is 0 Å². The summed E-state index contributed by atoms with van der Waals surface area (Å²) in [6.07, 6.45) is 6.06. The number of nitrogens with one attached hydrogen (secondary N) is 1. The van der Waals surface area contributed by atoms with Crippen molar-refractivity contribution in [1.82, 2.24) is 4.98 Å². The first-order chi connectivity index (χ1) is 9.16. The van der Waals surface area contributed by atoms with Crippen LogP contribution in [0.15, 0.2) is 18.3 Å². The summed E-state index contributed by atoms with van der Waals surface area (Å²) in [5, 5.41) is 13.3. The molecule has 1 aromatic rings. The van der Waals surface area contributed by atoms with Gasteiger partial charge < -0.3 is 15.2 Å². The van der Waals surface area contributed by atoms with E-state index < -0.39 is 0 Å². The first-order valence-electron chi connectivity index (χ1n) is 7.20. The minimum absolute atomic E-state index is 0.130. The molecule has 4 nitrogen and oxygen atoms in total. The Kier molecular flexibility index (Phi) is 5.02. The van der Waals surface area contributed by atoms with Crippen molar-refractivity contribution in [3.05, 3.63) is 18.3 Å². The van der Waals surface area contributed by atoms with Gasteiger partial charge >= 0.3 is 0 Å². The molecule has 2 unspecified atom stereocenters. The number of aromatic nitrogens is 1. The zero-order valence-corrected chi connectivity index (χ0v) is 11.8. The lowest BCUT2D eigenvalue weighted by Gasteiger charge is -2.28. The Morgan fingerprint density at radius 3 is 2.95 bits per heavy atom. The van der Waals surface area contributed by atoms with Crippen LogP contribution in [0.25, 0.3) is 0 Å². The van der Waals surface area contributed by atoms with Crippen LogP contribution in [0.1, 0.15) is 39.5 Å². The van der Waals surface area contributed by atoms with Crippen LogP contribution in [0, 0.1) is 5.92 Å². The number of aliphatic hydroxyl groups excluding tert-OH is 1. The predicted octanol–water partition coefficient (Wildman–Crippen LogP) is 2.83. The highest BCUT2D eigenvalue weighted by atomic mass is 16.5. The lowest BCUT2D eigenvalue weighted by atomic mass is 9.86. The summed E-state index contributed by atoms with van der Waals surface area (Å²) in [7, 11) is 0. The minimum Gasteiger partial charge on any atom is -0.487 e. The average molecular weight is 264 g/mol. The molecule has 1 heterocycles. The maximum atomic E-state index is 9.97. The standard InChI is InChI=1S/C15H24N2O2/c1-11(2)19-14-8-5-9-16-15(14)17-10-12-6-3-4-7-13(12)18/h5,8-9,11-13,18H,3-4,6-7,10H2,1-2H3,(H,16,17). The van der Waals surface area contributed by atoms with Gasteiger partial charge in [-0.25, -0.2) is 4.98 Å². The van der Waals surface area contributed by atoms with Gasteiger partial charge in [0.05, 0.1) is 12.2 Å². The molecule has 0 amide bonds. The Hall–Kier alpha value is -1.29. The summed E-state index contributed by atoms with van der Waals surface area (Å²) in [6.45, 7) is 4.76. The molecule has 2 atom stereocenters. The number of anilines is 1. The third kappa shape index (κ3) is 4.10. The molecule has 0 saturated heterocycles. The Balaban J connectivity index is 1.94. The molecule has 1 aliphatic rings. The second kappa shape index (κ2) is 6.75. The van der Waals surface area contributed by atoms with E-state index in [0.29, 0.717) is 5.92 Å². The highest BCUT2D eigenvalue weighted by molar-refractivity contribution is 5.49. The fourth-order valence-electron chi connectivity index (χ4n) is 2.53. The molecular formula is C15H24N2O2. The molecule has 1 saturated carbocycles. The Morgan fingerprint density at radius 1 is 1.42 bits per heavy atom. The molecule has 0 radical (unpaired) electrons. The van der Waals surface area contributed by atoms with Crippen molar-refractivity contribution in [3.8, 4) is 5.75 Å². The Bertz CT molecular complexity index is 395. The number of pyridine rings is 1. The molecule has 0 aliphatic heterocycles. The first-order valence-corrected chi connectivity index (χ1v) is 7.20. The third-order valence-electron chi connectivity index (χ3n) is 3.53. The van der Waals surface area contributed by atoms with Gasteiger partial charge in [-0.15, -0.1) is 0 Å². The van der Waals surface area contributed by atoms with E-state index in [4.69, 9.17) is 4.74 Å². The van der Waals surface area contributed by atoms with Gasteiger partial charge in [-0.1, -0.05) is 12.8 Å². The molecule has 106 valence electrons. The summed E-state index contributed by atoms with van der Waals surface area (Å²) in [5.74, 6) is 1.87. The molecule has 2 rings (SSSR count). The lowest BCUT2D eigenvalue weighted by molar-refractivity contribution is 0.0762. The summed E-state index contributed by atoms with van der Waals surface area (Å²) in [5.41, 5.74) is 0. The number of aliphatic hydroxyl groups is 1. The average Bonchev–Trinajstić information content (AvgIpc) is 2.39. The van der Waals surface area contributed by atoms with Crippen LogP contribution < -0.4 is 10.1 Å². The van der Waals surface area contributed by atoms with E-state index in [9.17, 15) is 5.11 Å². The van der Waals surface area contributed by atoms with Gasteiger partial charge in [-0.3, -0.25) is 0 Å². The molecule has 2 N–H and O–H groups in total. The molecule has 0 aromatic carbocycles. The van der Waals surface area contributed by atoms with E-state index in [1.54, 1.807) is 6.20 Å². The summed E-state index contributed by atoms with van der Waals surface area (Å²) < 4.78 is 5.72. The van der Waals surface area contributed by atoms with Crippen molar-refractivity contribution >= 4 is 5.82 Å². The van der Waals surface area contributed by atoms with Crippen LogP contribution in [0.5, 0.6) is 5.75 Å². The lowest BCUT2D eigenvalue weighted by Crippen LogP contribution is -2.30. The molecule has 4 heteroatoms. The second-order valence-corrected chi connectivity index (χ2v) is 5.51. The Morgan fingerprint density at radius 2 is 2.21 bits per heavy atom. The highest BCUT2D eigenvalue weighted by Gasteiger charge is 2.23. The van der Waals surface area contributed by atoms with E-state index in [0.717, 1.165) is 37.4 Å². The van der Waals surface area contributed by atoms with E-state index in [-0.39, 0.29) is 12.2 Å². The summed E-state index contributed by atoms with van der Waals surface area (Å²) in [6, 6.07) is 3.80. The molecule has 1 aliphatic carbocycles. The van der Waals surface area contributed by atoms with Crippen LogP contribution >= 0.6 is 0 Å². The van der Waals surface area contributed by atoms with Crippen molar-refractivity contribution in [3.63, 3.8) is 0 Å². The molecule has 0 spiro atoms. The van der Waals surface area contributed by atoms with Crippen LogP contribution in [-0.2, 0) is 0 Å². The molecule has 1 aromatic heterocycles. The SMILES string of the molecule is CC(C)Oc1cccnc1NCC1CCCCC1O. The number of ether oxygens (including phenoxy) is 1. The van der Waals surface area contributed by atoms with Crippen molar-refractivity contribution < 1.29 is 9.84 Å². The van der Waals surface area contributed by atoms with Crippen LogP contribution in [0.2, 0.25) is 0 Å². The molecule has 0 bridgehead atoms. The maximum Gasteiger partial charge on any atom is 0.168 e. The first kappa shape index (κ1) is 14.1. The van der Waals surface area contributed by atoms with Crippen LogP contribution in [0.4, 0.5) is 5.82 Å². The van der Waals surface area contributed by atoms with Crippen molar-refractivity contribution in [2.24, 2.45) is 5.92 Å². The number of hydrogen-bond donors (Lipinski definition) is 2. The van der Waals surface area contributed by atoms with E-state index in [1.807, 2.05) is 26.0 Å². The maximum absolute atomic E-state index is 9.97. The van der Waals surface area contributed by atoms with E-state index in [2.05, 4.69) is 10.3 Å². The Labute approximate surface area is 115 Å². The van der Waals surface area contributed by atoms with Gasteiger partial charge in [0, 0.05) is 18.7 Å². The van der Waals surface area contributed by atoms with Crippen molar-refractivity contribution in [2.75, 3.05) is 11.9 Å². The largest absolute Gasteiger partial charge is 0.487 e. The predicted molar refractivity (Wildman–Crippen MR) is 76.5 cm³/mol. The van der Waals surface area contributed by atoms with Crippen LogP contribution in [-0.4, -0.2) is 28.8 Å². The fraction of sp³-hybridized carbons (Fsp3) is 0.667. The normalized spacial score (nSPS) is 23.4. The van der Waals surface area contributed by atoms with Gasteiger partial charge in [0.1, 0.15) is 0 Å². The quantitative estimate of drug-likeness (QED) is 0.858. The van der Waals surface area contributed by atoms with Gasteiger partial charge in [0.15, 0.2) is 11.6 Å². The van der Waals surface area contributed by atoms with Gasteiger partial charge in [-0.2, -0.15) is 0 Å². The highest BCUT2D eigenvalue weighted by Crippen LogP contribution is 2.27. The zero-order valence-electron chi connectivity index (χ0n) is 11.8. The minimum atomic E-state index is -0.181. The summed E-state index contributed by atoms with van der Waals surface area (Å²) in [4.78, 5) is 4.32. The molecule has 19 heavy (non-hydrogen) atoms. The monoisotopic (exact) mass is 264 g/mol. The van der Waals surface area contributed by atoms with Crippen molar-refractivity contribution in [1.29, 1.82) is 0 Å². The second-order valence-electron chi connectivity index (χ2n) is 5.51.